The van der Waals surface area contributed by atoms with Gasteiger partial charge in [-0.25, -0.2) is 9.97 Å². The summed E-state index contributed by atoms with van der Waals surface area (Å²) in [5, 5.41) is 8.04. The van der Waals surface area contributed by atoms with E-state index in [1.165, 1.54) is 0 Å². The molecule has 0 aliphatic carbocycles. The Kier molecular flexibility index (Phi) is 8.61. The molecular weight excluding hydrogens is 426 g/mol. The molecule has 170 valence electrons. The van der Waals surface area contributed by atoms with Crippen molar-refractivity contribution in [1.82, 2.24) is 30.0 Å². The van der Waals surface area contributed by atoms with Gasteiger partial charge in [0, 0.05) is 57.5 Å². The largest absolute Gasteiger partial charge is 0.492 e. The monoisotopic (exact) mass is 455 g/mol. The van der Waals surface area contributed by atoms with Crippen molar-refractivity contribution in [2.45, 2.75) is 6.42 Å². The van der Waals surface area contributed by atoms with Crippen molar-refractivity contribution in [3.63, 3.8) is 0 Å². The van der Waals surface area contributed by atoms with Crippen LogP contribution >= 0.6 is 11.6 Å². The number of anilines is 1. The molecule has 0 aliphatic heterocycles. The molecule has 1 aromatic carbocycles. The SMILES string of the molecule is C=CCN(CCNC)CCOc1ccccc1Cc1cn(C)nc1-c1cc(Cl)nc(N)n1. The number of likely N-dealkylation sites (N-methyl/N-ethyl adjacent to an activating group) is 1. The molecule has 3 rings (SSSR count). The zero-order valence-electron chi connectivity index (χ0n) is 18.6. The highest BCUT2D eigenvalue weighted by Gasteiger charge is 2.16. The zero-order chi connectivity index (χ0) is 22.9. The van der Waals surface area contributed by atoms with Crippen LogP contribution in [-0.4, -0.2) is 64.5 Å². The number of aryl methyl sites for hydroxylation is 1. The Labute approximate surface area is 194 Å². The fraction of sp³-hybridized carbons (Fsp3) is 0.348. The Balaban J connectivity index is 1.75. The molecule has 0 aliphatic rings. The topological polar surface area (TPSA) is 94.1 Å². The number of nitrogens with two attached hydrogens (primary N) is 1. The maximum absolute atomic E-state index is 6.17. The van der Waals surface area contributed by atoms with Crippen LogP contribution in [0.1, 0.15) is 11.1 Å². The lowest BCUT2D eigenvalue weighted by molar-refractivity contribution is 0.223. The van der Waals surface area contributed by atoms with Crippen LogP contribution < -0.4 is 15.8 Å². The molecule has 0 radical (unpaired) electrons. The number of hydrogen-bond donors (Lipinski definition) is 2. The average Bonchev–Trinajstić information content (AvgIpc) is 3.12. The number of nitrogens with zero attached hydrogens (tertiary/aromatic N) is 5. The Morgan fingerprint density at radius 3 is 2.81 bits per heavy atom. The molecule has 8 nitrogen and oxygen atoms in total. The number of ether oxygens (including phenoxy) is 1. The summed E-state index contributed by atoms with van der Waals surface area (Å²) in [4.78, 5) is 10.5. The molecule has 0 bridgehead atoms. The Morgan fingerprint density at radius 2 is 2.06 bits per heavy atom. The minimum Gasteiger partial charge on any atom is -0.492 e. The summed E-state index contributed by atoms with van der Waals surface area (Å²) >= 11 is 6.08. The van der Waals surface area contributed by atoms with Gasteiger partial charge in [-0.2, -0.15) is 5.10 Å². The van der Waals surface area contributed by atoms with Gasteiger partial charge in [0.05, 0.1) is 5.69 Å². The predicted octanol–water partition coefficient (Wildman–Crippen LogP) is 2.79. The van der Waals surface area contributed by atoms with Crippen LogP contribution in [0.15, 0.2) is 49.2 Å². The number of halogens is 1. The van der Waals surface area contributed by atoms with E-state index in [-0.39, 0.29) is 11.1 Å². The van der Waals surface area contributed by atoms with E-state index < -0.39 is 0 Å². The first-order valence-electron chi connectivity index (χ1n) is 10.5. The third-order valence-electron chi connectivity index (χ3n) is 4.94. The zero-order valence-corrected chi connectivity index (χ0v) is 19.3. The molecule has 3 aromatic rings. The molecule has 0 unspecified atom stereocenters. The molecule has 0 atom stereocenters. The van der Waals surface area contributed by atoms with Gasteiger partial charge in [-0.15, -0.1) is 6.58 Å². The molecule has 0 saturated heterocycles. The van der Waals surface area contributed by atoms with Crippen molar-refractivity contribution in [2.24, 2.45) is 7.05 Å². The van der Waals surface area contributed by atoms with Crippen molar-refractivity contribution < 1.29 is 4.74 Å². The molecule has 2 aromatic heterocycles. The number of nitrogens with one attached hydrogen (secondary N) is 1. The first kappa shape index (κ1) is 23.7. The summed E-state index contributed by atoms with van der Waals surface area (Å²) in [6, 6.07) is 9.73. The van der Waals surface area contributed by atoms with Crippen LogP contribution in [0.5, 0.6) is 5.75 Å². The van der Waals surface area contributed by atoms with Gasteiger partial charge in [0.25, 0.3) is 0 Å². The summed E-state index contributed by atoms with van der Waals surface area (Å²) in [6.45, 7) is 7.95. The average molecular weight is 456 g/mol. The Hall–Kier alpha value is -2.94. The maximum atomic E-state index is 6.17. The minimum atomic E-state index is 0.121. The molecule has 2 heterocycles. The van der Waals surface area contributed by atoms with E-state index in [0.29, 0.717) is 18.7 Å². The van der Waals surface area contributed by atoms with Crippen LogP contribution in [0.2, 0.25) is 5.15 Å². The molecule has 9 heteroatoms. The van der Waals surface area contributed by atoms with E-state index in [0.717, 1.165) is 48.7 Å². The number of aromatic nitrogens is 4. The van der Waals surface area contributed by atoms with Crippen molar-refractivity contribution >= 4 is 17.5 Å². The lowest BCUT2D eigenvalue weighted by Crippen LogP contribution is -2.34. The highest BCUT2D eigenvalue weighted by atomic mass is 35.5. The van der Waals surface area contributed by atoms with Gasteiger partial charge in [0.1, 0.15) is 23.2 Å². The van der Waals surface area contributed by atoms with E-state index >= 15 is 0 Å². The van der Waals surface area contributed by atoms with Crippen molar-refractivity contribution in [3.8, 4) is 17.1 Å². The summed E-state index contributed by atoms with van der Waals surface area (Å²) in [6.07, 6.45) is 4.53. The van der Waals surface area contributed by atoms with E-state index in [4.69, 9.17) is 22.1 Å². The standard InChI is InChI=1S/C23H30ClN7O/c1-4-10-31(11-9-26-2)12-13-32-20-8-6-5-7-17(20)14-18-16-30(3)29-22(18)19-15-21(24)28-23(25)27-19/h4-8,15-16,26H,1,9-14H2,2-3H3,(H2,25,27,28). The molecule has 0 fully saturated rings. The van der Waals surface area contributed by atoms with E-state index in [2.05, 4.69) is 37.9 Å². The quantitative estimate of drug-likeness (QED) is 0.320. The van der Waals surface area contributed by atoms with Crippen LogP contribution in [0.3, 0.4) is 0 Å². The molecule has 0 saturated carbocycles. The number of hydrogen-bond acceptors (Lipinski definition) is 7. The van der Waals surface area contributed by atoms with E-state index in [1.54, 1.807) is 10.7 Å². The minimum absolute atomic E-state index is 0.121. The summed E-state index contributed by atoms with van der Waals surface area (Å²) < 4.78 is 7.93. The second kappa shape index (κ2) is 11.6. The van der Waals surface area contributed by atoms with Gasteiger partial charge in [-0.3, -0.25) is 9.58 Å². The summed E-state index contributed by atoms with van der Waals surface area (Å²) in [5.41, 5.74) is 9.18. The fourth-order valence-corrected chi connectivity index (χ4v) is 3.66. The summed E-state index contributed by atoms with van der Waals surface area (Å²) in [7, 11) is 3.83. The molecular formula is C23H30ClN7O. The number of benzene rings is 1. The van der Waals surface area contributed by atoms with E-state index in [1.807, 2.05) is 44.6 Å². The van der Waals surface area contributed by atoms with Crippen LogP contribution in [0.4, 0.5) is 5.95 Å². The number of rotatable bonds is 12. The molecule has 0 amide bonds. The van der Waals surface area contributed by atoms with Crippen molar-refractivity contribution in [1.29, 1.82) is 0 Å². The lowest BCUT2D eigenvalue weighted by Gasteiger charge is -2.21. The van der Waals surface area contributed by atoms with Gasteiger partial charge in [-0.05, 0) is 18.7 Å². The van der Waals surface area contributed by atoms with Crippen LogP contribution in [0, 0.1) is 0 Å². The van der Waals surface area contributed by atoms with Crippen LogP contribution in [-0.2, 0) is 13.5 Å². The van der Waals surface area contributed by atoms with Crippen LogP contribution in [0.25, 0.3) is 11.4 Å². The van der Waals surface area contributed by atoms with Gasteiger partial charge >= 0.3 is 0 Å². The Bertz CT molecular complexity index is 1020. The number of para-hydroxylation sites is 1. The fourth-order valence-electron chi connectivity index (χ4n) is 3.47. The van der Waals surface area contributed by atoms with E-state index in [9.17, 15) is 0 Å². The smallest absolute Gasteiger partial charge is 0.222 e. The van der Waals surface area contributed by atoms with Gasteiger partial charge in [-0.1, -0.05) is 35.9 Å². The summed E-state index contributed by atoms with van der Waals surface area (Å²) in [5.74, 6) is 0.977. The van der Waals surface area contributed by atoms with Gasteiger partial charge in [0.15, 0.2) is 0 Å². The second-order valence-electron chi connectivity index (χ2n) is 7.44. The third-order valence-corrected chi connectivity index (χ3v) is 5.14. The van der Waals surface area contributed by atoms with Gasteiger partial charge in [0.2, 0.25) is 5.95 Å². The Morgan fingerprint density at radius 1 is 1.25 bits per heavy atom. The molecule has 3 N–H and O–H groups in total. The second-order valence-corrected chi connectivity index (χ2v) is 7.82. The maximum Gasteiger partial charge on any atom is 0.222 e. The molecule has 0 spiro atoms. The third kappa shape index (κ3) is 6.53. The lowest BCUT2D eigenvalue weighted by atomic mass is 10.0. The predicted molar refractivity (Wildman–Crippen MR) is 129 cm³/mol. The van der Waals surface area contributed by atoms with Crippen molar-refractivity contribution in [3.05, 3.63) is 65.5 Å². The first-order chi connectivity index (χ1) is 15.5. The van der Waals surface area contributed by atoms with Crippen molar-refractivity contribution in [2.75, 3.05) is 45.6 Å². The highest BCUT2D eigenvalue weighted by Crippen LogP contribution is 2.28. The number of nitrogen functional groups attached to an aromatic ring is 1. The normalized spacial score (nSPS) is 11.1. The van der Waals surface area contributed by atoms with Gasteiger partial charge < -0.3 is 15.8 Å². The molecule has 32 heavy (non-hydrogen) atoms. The first-order valence-corrected chi connectivity index (χ1v) is 10.9. The highest BCUT2D eigenvalue weighted by molar-refractivity contribution is 6.29.